The van der Waals surface area contributed by atoms with Gasteiger partial charge in [0, 0.05) is 0 Å². The highest BCUT2D eigenvalue weighted by Gasteiger charge is 2.34. The Morgan fingerprint density at radius 3 is 2.81 bits per heavy atom. The molecule has 0 aromatic heterocycles. The Hall–Kier alpha value is -3.48. The molecule has 0 bridgehead atoms. The van der Waals surface area contributed by atoms with Crippen molar-refractivity contribution in [3.8, 4) is 0 Å². The molecule has 1 aliphatic heterocycles. The average molecular weight is 352 g/mol. The third kappa shape index (κ3) is 3.19. The highest BCUT2D eigenvalue weighted by Crippen LogP contribution is 2.27. The van der Waals surface area contributed by atoms with Crippen molar-refractivity contribution in [2.75, 3.05) is 11.9 Å². The summed E-state index contributed by atoms with van der Waals surface area (Å²) in [5.41, 5.74) is 0.254. The first kappa shape index (κ1) is 17.3. The Balaban J connectivity index is 1.90. The van der Waals surface area contributed by atoms with E-state index in [0.29, 0.717) is 5.71 Å². The van der Waals surface area contributed by atoms with Crippen LogP contribution in [0.25, 0.3) is 0 Å². The van der Waals surface area contributed by atoms with E-state index in [1.165, 1.54) is 12.1 Å². The number of amides is 2. The van der Waals surface area contributed by atoms with Gasteiger partial charge in [0.1, 0.15) is 11.3 Å². The molecule has 2 N–H and O–H groups in total. The summed E-state index contributed by atoms with van der Waals surface area (Å²) in [5.74, 6) is -3.28. The molecule has 1 atom stereocenters. The number of carbonyl (C=O) groups excluding carboxylic acids is 3. The number of carbonyl (C=O) groups is 3. The van der Waals surface area contributed by atoms with Gasteiger partial charge in [-0.25, -0.2) is 9.79 Å². The van der Waals surface area contributed by atoms with Gasteiger partial charge < -0.3 is 15.2 Å². The molecule has 1 unspecified atom stereocenters. The summed E-state index contributed by atoms with van der Waals surface area (Å²) in [6, 6.07) is 6.25. The topological polar surface area (TPSA) is 105 Å². The lowest BCUT2D eigenvalue weighted by atomic mass is 9.90. The van der Waals surface area contributed by atoms with Gasteiger partial charge in [-0.05, 0) is 25.1 Å². The molecular formula is C19H16N2O5. The molecule has 0 saturated heterocycles. The fourth-order valence-corrected chi connectivity index (χ4v) is 2.69. The molecule has 3 rings (SSSR count). The number of aliphatic hydroxyl groups is 1. The molecular weight excluding hydrogens is 336 g/mol. The highest BCUT2D eigenvalue weighted by atomic mass is 16.5. The summed E-state index contributed by atoms with van der Waals surface area (Å²) in [6.45, 7) is 1.86. The number of fused-ring (bicyclic) bond motifs is 1. The molecule has 2 amide bonds. The second-order valence-corrected chi connectivity index (χ2v) is 5.54. The van der Waals surface area contributed by atoms with E-state index in [0.717, 1.165) is 0 Å². The predicted octanol–water partition coefficient (Wildman–Crippen LogP) is 2.34. The van der Waals surface area contributed by atoms with Crippen molar-refractivity contribution < 1.29 is 24.2 Å². The Morgan fingerprint density at radius 2 is 2.04 bits per heavy atom. The van der Waals surface area contributed by atoms with Crippen molar-refractivity contribution >= 4 is 29.2 Å². The molecule has 2 aliphatic rings. The van der Waals surface area contributed by atoms with E-state index in [-0.39, 0.29) is 23.6 Å². The molecule has 1 aliphatic carbocycles. The summed E-state index contributed by atoms with van der Waals surface area (Å²) >= 11 is 0. The maximum Gasteiger partial charge on any atom is 0.340 e. The lowest BCUT2D eigenvalue weighted by Crippen LogP contribution is -2.31. The van der Waals surface area contributed by atoms with Crippen molar-refractivity contribution in [2.45, 2.75) is 6.92 Å². The number of esters is 1. The minimum absolute atomic E-state index is 0.149. The van der Waals surface area contributed by atoms with Crippen LogP contribution < -0.4 is 5.32 Å². The predicted molar refractivity (Wildman–Crippen MR) is 94.9 cm³/mol. The average Bonchev–Trinajstić information content (AvgIpc) is 2.62. The summed E-state index contributed by atoms with van der Waals surface area (Å²) in [4.78, 5) is 40.6. The fraction of sp³-hybridized carbons (Fsp3) is 0.158. The van der Waals surface area contributed by atoms with Gasteiger partial charge in [0.15, 0.2) is 0 Å². The van der Waals surface area contributed by atoms with E-state index in [9.17, 15) is 19.5 Å². The van der Waals surface area contributed by atoms with Crippen LogP contribution in [-0.2, 0) is 14.3 Å². The number of aliphatic hydroxyl groups excluding tert-OH is 1. The van der Waals surface area contributed by atoms with E-state index in [1.807, 2.05) is 0 Å². The van der Waals surface area contributed by atoms with Crippen LogP contribution in [0.1, 0.15) is 17.3 Å². The molecule has 0 saturated carbocycles. The summed E-state index contributed by atoms with van der Waals surface area (Å²) < 4.78 is 4.95. The maximum atomic E-state index is 12.6. The van der Waals surface area contributed by atoms with Gasteiger partial charge in [-0.2, -0.15) is 0 Å². The van der Waals surface area contributed by atoms with Gasteiger partial charge >= 0.3 is 5.97 Å². The normalized spacial score (nSPS) is 18.3. The van der Waals surface area contributed by atoms with E-state index in [4.69, 9.17) is 4.74 Å². The third-order valence-corrected chi connectivity index (χ3v) is 3.89. The van der Waals surface area contributed by atoms with Crippen LogP contribution in [0.15, 0.2) is 64.9 Å². The number of rotatable bonds is 4. The fourth-order valence-electron chi connectivity index (χ4n) is 2.69. The standard InChI is InChI=1S/C19H16N2O5/c1-2-26-19(25)12-8-4-6-10-14(12)21-18(24)15-16(22)11-7-3-5-9-13(11)20-17(15)23/h3-11,22H,2H2,1H3,(H,21,24). The van der Waals surface area contributed by atoms with E-state index in [2.05, 4.69) is 10.3 Å². The molecule has 26 heavy (non-hydrogen) atoms. The van der Waals surface area contributed by atoms with Crippen molar-refractivity contribution in [1.82, 2.24) is 0 Å². The van der Waals surface area contributed by atoms with Gasteiger partial charge in [0.25, 0.3) is 11.8 Å². The number of aliphatic imine (C=N–C) groups is 1. The number of ether oxygens (including phenoxy) is 1. The zero-order valence-corrected chi connectivity index (χ0v) is 13.9. The maximum absolute atomic E-state index is 12.6. The molecule has 0 fully saturated rings. The number of nitrogens with one attached hydrogen (secondary N) is 1. The number of allylic oxidation sites excluding steroid dienone is 4. The van der Waals surface area contributed by atoms with Crippen molar-refractivity contribution in [3.63, 3.8) is 0 Å². The lowest BCUT2D eigenvalue weighted by molar-refractivity contribution is -0.119. The first-order valence-electron chi connectivity index (χ1n) is 8.01. The SMILES string of the molecule is CCOC(=O)c1ccccc1NC(=O)C1=C(O)C2C=CC=CC2=NC1=O. The van der Waals surface area contributed by atoms with Crippen LogP contribution >= 0.6 is 0 Å². The van der Waals surface area contributed by atoms with Crippen molar-refractivity contribution in [1.29, 1.82) is 0 Å². The monoisotopic (exact) mass is 352 g/mol. The largest absolute Gasteiger partial charge is 0.510 e. The molecule has 7 nitrogen and oxygen atoms in total. The highest BCUT2D eigenvalue weighted by molar-refractivity contribution is 6.28. The number of dihydropyridines is 1. The second kappa shape index (κ2) is 7.18. The molecule has 132 valence electrons. The van der Waals surface area contributed by atoms with Gasteiger partial charge in [0.2, 0.25) is 0 Å². The number of anilines is 1. The van der Waals surface area contributed by atoms with Crippen LogP contribution in [0.3, 0.4) is 0 Å². The summed E-state index contributed by atoms with van der Waals surface area (Å²) in [6.07, 6.45) is 6.63. The van der Waals surface area contributed by atoms with Crippen LogP contribution in [0, 0.1) is 5.92 Å². The zero-order valence-electron chi connectivity index (χ0n) is 13.9. The Kier molecular flexibility index (Phi) is 4.79. The third-order valence-electron chi connectivity index (χ3n) is 3.89. The smallest absolute Gasteiger partial charge is 0.340 e. The molecule has 0 radical (unpaired) electrons. The minimum atomic E-state index is -0.838. The molecule has 1 aromatic rings. The first-order valence-corrected chi connectivity index (χ1v) is 8.01. The van der Waals surface area contributed by atoms with E-state index < -0.39 is 29.3 Å². The zero-order chi connectivity index (χ0) is 18.7. The van der Waals surface area contributed by atoms with E-state index >= 15 is 0 Å². The Bertz CT molecular complexity index is 908. The first-order chi connectivity index (χ1) is 12.5. The van der Waals surface area contributed by atoms with Gasteiger partial charge in [-0.1, -0.05) is 30.4 Å². The van der Waals surface area contributed by atoms with Crippen molar-refractivity contribution in [2.24, 2.45) is 10.9 Å². The molecule has 7 heteroatoms. The van der Waals surface area contributed by atoms with Gasteiger partial charge in [0.05, 0.1) is 29.5 Å². The van der Waals surface area contributed by atoms with Gasteiger partial charge in [-0.3, -0.25) is 9.59 Å². The molecule has 1 aromatic carbocycles. The van der Waals surface area contributed by atoms with E-state index in [1.54, 1.807) is 43.4 Å². The number of benzene rings is 1. The summed E-state index contributed by atoms with van der Waals surface area (Å²) in [5, 5.41) is 12.9. The number of hydrogen-bond acceptors (Lipinski definition) is 5. The van der Waals surface area contributed by atoms with Crippen molar-refractivity contribution in [3.05, 3.63) is 65.5 Å². The number of hydrogen-bond donors (Lipinski definition) is 2. The minimum Gasteiger partial charge on any atom is -0.510 e. The Labute approximate surface area is 149 Å². The molecule has 0 spiro atoms. The second-order valence-electron chi connectivity index (χ2n) is 5.54. The van der Waals surface area contributed by atoms with Crippen LogP contribution in [0.2, 0.25) is 0 Å². The summed E-state index contributed by atoms with van der Waals surface area (Å²) in [7, 11) is 0. The number of para-hydroxylation sites is 1. The van der Waals surface area contributed by atoms with Crippen LogP contribution in [0.4, 0.5) is 5.69 Å². The van der Waals surface area contributed by atoms with Gasteiger partial charge in [-0.15, -0.1) is 0 Å². The molecule has 1 heterocycles. The van der Waals surface area contributed by atoms with Crippen LogP contribution in [-0.4, -0.2) is 35.2 Å². The number of nitrogens with zero attached hydrogens (tertiary/aromatic N) is 1. The Morgan fingerprint density at radius 1 is 1.27 bits per heavy atom. The van der Waals surface area contributed by atoms with Crippen LogP contribution in [0.5, 0.6) is 0 Å². The lowest BCUT2D eigenvalue weighted by Gasteiger charge is -2.21. The quantitative estimate of drug-likeness (QED) is 0.639.